The van der Waals surface area contributed by atoms with Crippen LogP contribution in [0.3, 0.4) is 0 Å². The maximum Gasteiger partial charge on any atom is 0.411 e. The summed E-state index contributed by atoms with van der Waals surface area (Å²) in [7, 11) is -14.0. The molecule has 0 aliphatic rings. The molecule has 2 aromatic rings. The first kappa shape index (κ1) is 44.7. The summed E-state index contributed by atoms with van der Waals surface area (Å²) < 4.78 is 191. The van der Waals surface area contributed by atoms with E-state index < -0.39 is 155 Å². The lowest BCUT2D eigenvalue weighted by Gasteiger charge is -2.39. The Morgan fingerprint density at radius 3 is 1.12 bits per heavy atom. The summed E-state index contributed by atoms with van der Waals surface area (Å²) >= 11 is 0.496. The van der Waals surface area contributed by atoms with Gasteiger partial charge in [-0.05, 0) is 84.7 Å². The maximum atomic E-state index is 15.3. The predicted octanol–water partition coefficient (Wildman–Crippen LogP) is 4.97. The van der Waals surface area contributed by atoms with Crippen LogP contribution < -0.4 is 0 Å². The van der Waals surface area contributed by atoms with E-state index in [4.69, 9.17) is 18.9 Å². The Hall–Kier alpha value is -2.42. The van der Waals surface area contributed by atoms with Gasteiger partial charge in [-0.25, -0.2) is 5.26 Å². The molecular weight excluding hydrogens is 791 g/mol. The van der Waals surface area contributed by atoms with Gasteiger partial charge >= 0.3 is 12.4 Å². The SMILES string of the molecule is O=S(=O)(O)CCCc1cc(C(c2cc(CCCS(=O)(=O)O)c(O)c(CCCS(=O)(=O)O)c2)(C(F)(F)F)C(F)(F)F)cc(CCCSOOO)c1O. The van der Waals surface area contributed by atoms with E-state index in [9.17, 15) is 35.5 Å². The van der Waals surface area contributed by atoms with Crippen LogP contribution in [0.1, 0.15) is 59.1 Å². The van der Waals surface area contributed by atoms with Crippen LogP contribution in [-0.4, -0.2) is 89.7 Å². The van der Waals surface area contributed by atoms with Crippen LogP contribution in [0.2, 0.25) is 0 Å². The van der Waals surface area contributed by atoms with Crippen LogP contribution in [0.5, 0.6) is 11.5 Å². The van der Waals surface area contributed by atoms with Gasteiger partial charge in [0.25, 0.3) is 30.4 Å². The minimum atomic E-state index is -6.26. The van der Waals surface area contributed by atoms with Crippen LogP contribution in [0.4, 0.5) is 26.3 Å². The van der Waals surface area contributed by atoms with Crippen LogP contribution in [0.15, 0.2) is 24.3 Å². The third-order valence-corrected chi connectivity index (χ3v) is 10.6. The lowest BCUT2D eigenvalue weighted by molar-refractivity contribution is -0.432. The number of aromatic hydroxyl groups is 2. The highest BCUT2D eigenvalue weighted by Gasteiger charge is 2.72. The van der Waals surface area contributed by atoms with Gasteiger partial charge in [0.15, 0.2) is 0 Å². The zero-order valence-corrected chi connectivity index (χ0v) is 29.4. The van der Waals surface area contributed by atoms with Crippen LogP contribution in [0, 0.1) is 0 Å². The van der Waals surface area contributed by atoms with Crippen LogP contribution >= 0.6 is 12.0 Å². The molecule has 292 valence electrons. The van der Waals surface area contributed by atoms with Crippen molar-refractivity contribution in [1.82, 2.24) is 0 Å². The fourth-order valence-corrected chi connectivity index (χ4v) is 7.31. The summed E-state index contributed by atoms with van der Waals surface area (Å²) in [4.78, 5) is 0. The molecule has 0 aliphatic carbocycles. The molecule has 0 amide bonds. The second-order valence-electron chi connectivity index (χ2n) is 11.3. The van der Waals surface area contributed by atoms with Crippen molar-refractivity contribution in [2.45, 2.75) is 69.1 Å². The Balaban J connectivity index is 3.00. The zero-order valence-electron chi connectivity index (χ0n) is 26.1. The van der Waals surface area contributed by atoms with Gasteiger partial charge in [0, 0.05) is 17.8 Å². The summed E-state index contributed by atoms with van der Waals surface area (Å²) in [6, 6.07) is 1.46. The molecule has 0 atom stereocenters. The summed E-state index contributed by atoms with van der Waals surface area (Å²) in [5.74, 6) is -4.71. The standard InChI is InChI=1S/C27H34F6O14S4/c28-26(29,30)25(27(31,32)33,21-13-17(5-1-9-48-47-46-36)23(34)18(14-21)6-2-10-49(37,38)39)22-15-19(7-3-11-50(40,41)42)24(35)20(16-22)8-4-12-51(43,44)45/h13-16,34-36H,1-12H2,(H,37,38,39)(H,40,41,42)(H,43,44,45). The minimum Gasteiger partial charge on any atom is -0.507 e. The number of rotatable bonds is 20. The van der Waals surface area contributed by atoms with Gasteiger partial charge in [-0.1, -0.05) is 29.3 Å². The van der Waals surface area contributed by atoms with Gasteiger partial charge in [-0.3, -0.25) is 13.7 Å². The Morgan fingerprint density at radius 2 is 0.863 bits per heavy atom. The Labute approximate surface area is 293 Å². The topological polar surface area (TPSA) is 242 Å². The largest absolute Gasteiger partial charge is 0.507 e. The molecule has 0 saturated carbocycles. The van der Waals surface area contributed by atoms with Gasteiger partial charge in [-0.15, -0.1) is 4.33 Å². The molecule has 51 heavy (non-hydrogen) atoms. The molecule has 14 nitrogen and oxygen atoms in total. The summed E-state index contributed by atoms with van der Waals surface area (Å²) in [5.41, 5.74) is -10.3. The molecule has 0 spiro atoms. The van der Waals surface area contributed by atoms with Crippen molar-refractivity contribution in [3.63, 3.8) is 0 Å². The number of hydrogen-bond donors (Lipinski definition) is 6. The van der Waals surface area contributed by atoms with Crippen LogP contribution in [-0.2, 0) is 70.8 Å². The summed E-state index contributed by atoms with van der Waals surface area (Å²) in [6.45, 7) is 0. The van der Waals surface area contributed by atoms with E-state index in [2.05, 4.69) is 9.37 Å². The Morgan fingerprint density at radius 1 is 0.569 bits per heavy atom. The molecule has 6 N–H and O–H groups in total. The number of phenols is 2. The number of benzene rings is 2. The van der Waals surface area contributed by atoms with Gasteiger partial charge in [0.2, 0.25) is 5.41 Å². The van der Waals surface area contributed by atoms with E-state index >= 15 is 26.3 Å². The van der Waals surface area contributed by atoms with E-state index in [0.29, 0.717) is 36.3 Å². The maximum absolute atomic E-state index is 15.3. The molecule has 0 aliphatic heterocycles. The lowest BCUT2D eigenvalue weighted by atomic mass is 9.70. The third-order valence-electron chi connectivity index (χ3n) is 7.55. The average Bonchev–Trinajstić information content (AvgIpc) is 2.93. The van der Waals surface area contributed by atoms with Gasteiger partial charge < -0.3 is 10.2 Å². The van der Waals surface area contributed by atoms with Crippen molar-refractivity contribution < 1.29 is 90.1 Å². The first-order chi connectivity index (χ1) is 23.2. The van der Waals surface area contributed by atoms with E-state index in [0.717, 1.165) is 0 Å². The average molecular weight is 825 g/mol. The number of aryl methyl sites for hydroxylation is 4. The molecule has 0 unspecified atom stereocenters. The molecule has 0 aromatic heterocycles. The molecule has 0 saturated heterocycles. The van der Waals surface area contributed by atoms with Crippen molar-refractivity contribution in [2.24, 2.45) is 0 Å². The molecule has 0 fully saturated rings. The normalized spacial score (nSPS) is 13.5. The molecule has 2 aromatic carbocycles. The molecule has 24 heteroatoms. The highest BCUT2D eigenvalue weighted by molar-refractivity contribution is 7.94. The van der Waals surface area contributed by atoms with Gasteiger partial charge in [0.1, 0.15) is 11.5 Å². The Bertz CT molecular complexity index is 1760. The first-order valence-electron chi connectivity index (χ1n) is 14.5. The Kier molecular flexibility index (Phi) is 15.4. The van der Waals surface area contributed by atoms with Crippen LogP contribution in [0.25, 0.3) is 0 Å². The highest BCUT2D eigenvalue weighted by atomic mass is 32.2. The highest BCUT2D eigenvalue weighted by Crippen LogP contribution is 2.57. The second-order valence-corrected chi connectivity index (χ2v) is 16.8. The number of hydrogen-bond acceptors (Lipinski definition) is 12. The summed E-state index contributed by atoms with van der Waals surface area (Å²) in [6.07, 6.45) is -16.7. The molecular formula is C27H34F6O14S4. The molecule has 2 rings (SSSR count). The molecule has 0 heterocycles. The van der Waals surface area contributed by atoms with Gasteiger partial charge in [0.05, 0.1) is 17.3 Å². The van der Waals surface area contributed by atoms with Crippen molar-refractivity contribution in [2.75, 3.05) is 23.0 Å². The predicted molar refractivity (Wildman–Crippen MR) is 169 cm³/mol. The number of halogens is 6. The lowest BCUT2D eigenvalue weighted by Crippen LogP contribution is -2.55. The third kappa shape index (κ3) is 12.9. The number of alkyl halides is 6. The van der Waals surface area contributed by atoms with Crippen molar-refractivity contribution in [3.8, 4) is 11.5 Å². The monoisotopic (exact) mass is 824 g/mol. The second kappa shape index (κ2) is 17.6. The fourth-order valence-electron chi connectivity index (χ4n) is 5.41. The zero-order chi connectivity index (χ0) is 39.1. The smallest absolute Gasteiger partial charge is 0.411 e. The quantitative estimate of drug-likeness (QED) is 0.0258. The van der Waals surface area contributed by atoms with E-state index in [-0.39, 0.29) is 12.2 Å². The van der Waals surface area contributed by atoms with Crippen molar-refractivity contribution in [1.29, 1.82) is 0 Å². The summed E-state index contributed by atoms with van der Waals surface area (Å²) in [5, 5.41) is 33.4. The van der Waals surface area contributed by atoms with E-state index in [1.807, 2.05) is 0 Å². The van der Waals surface area contributed by atoms with Gasteiger partial charge in [-0.2, -0.15) is 51.6 Å². The fraction of sp³-hybridized carbons (Fsp3) is 0.556. The first-order valence-corrected chi connectivity index (χ1v) is 20.3. The number of phenolic OH excluding ortho intramolecular Hbond substituents is 2. The molecule has 0 bridgehead atoms. The van der Waals surface area contributed by atoms with Crippen molar-refractivity contribution >= 4 is 42.4 Å². The van der Waals surface area contributed by atoms with E-state index in [1.165, 1.54) is 0 Å². The minimum absolute atomic E-state index is 0.0657. The van der Waals surface area contributed by atoms with E-state index in [1.54, 1.807) is 0 Å². The molecule has 0 radical (unpaired) electrons. The van der Waals surface area contributed by atoms with Crippen molar-refractivity contribution in [3.05, 3.63) is 57.6 Å².